The molecule has 9 heteroatoms. The van der Waals surface area contributed by atoms with Gasteiger partial charge >= 0.3 is 5.97 Å². The molecule has 0 unspecified atom stereocenters. The minimum atomic E-state index is -1.10. The first-order valence-electron chi connectivity index (χ1n) is 9.65. The lowest BCUT2D eigenvalue weighted by Gasteiger charge is -2.46. The highest BCUT2D eigenvalue weighted by atomic mass is 16.4. The van der Waals surface area contributed by atoms with Gasteiger partial charge in [-0.3, -0.25) is 14.5 Å². The van der Waals surface area contributed by atoms with Gasteiger partial charge in [-0.1, -0.05) is 6.92 Å². The molecule has 3 aliphatic heterocycles. The molecule has 0 aliphatic carbocycles. The number of hydrogen-bond acceptors (Lipinski definition) is 5. The number of amides is 2. The Balaban J connectivity index is 1.71. The van der Waals surface area contributed by atoms with Gasteiger partial charge in [0.05, 0.1) is 18.1 Å². The van der Waals surface area contributed by atoms with E-state index >= 15 is 0 Å². The largest absolute Gasteiger partial charge is 0.477 e. The highest BCUT2D eigenvalue weighted by Gasteiger charge is 2.59. The van der Waals surface area contributed by atoms with Crippen molar-refractivity contribution in [2.45, 2.75) is 45.8 Å². The Labute approximate surface area is 163 Å². The lowest BCUT2D eigenvalue weighted by atomic mass is 9.77. The monoisotopic (exact) mass is 392 g/mol. The van der Waals surface area contributed by atoms with Crippen molar-refractivity contribution in [3.8, 4) is 0 Å². The molecule has 2 fully saturated rings. The van der Waals surface area contributed by atoms with Crippen LogP contribution in [0.25, 0.3) is 0 Å². The van der Waals surface area contributed by atoms with Gasteiger partial charge in [-0.15, -0.1) is 0 Å². The predicted octanol–water partition coefficient (Wildman–Crippen LogP) is -0.202. The third kappa shape index (κ3) is 3.56. The Hall–Kier alpha value is -2.26. The van der Waals surface area contributed by atoms with Gasteiger partial charge in [-0.05, 0) is 31.4 Å². The second-order valence-electron chi connectivity index (χ2n) is 8.15. The van der Waals surface area contributed by atoms with E-state index in [4.69, 9.17) is 5.73 Å². The van der Waals surface area contributed by atoms with Crippen LogP contribution in [0.5, 0.6) is 0 Å². The number of nitrogens with two attached hydrogens (primary N) is 1. The number of carboxylic acids is 1. The molecule has 0 aromatic rings. The van der Waals surface area contributed by atoms with Crippen molar-refractivity contribution in [1.29, 1.82) is 0 Å². The Morgan fingerprint density at radius 2 is 2.07 bits per heavy atom. The molecule has 28 heavy (non-hydrogen) atoms. The van der Waals surface area contributed by atoms with Crippen LogP contribution in [0.2, 0.25) is 0 Å². The maximum Gasteiger partial charge on any atom is 0.352 e. The molecule has 0 spiro atoms. The van der Waals surface area contributed by atoms with E-state index in [9.17, 15) is 24.6 Å². The van der Waals surface area contributed by atoms with E-state index in [1.54, 1.807) is 6.92 Å². The highest BCUT2D eigenvalue weighted by Crippen LogP contribution is 2.47. The standard InChI is InChI=1S/C19H28N4O5/c1-9-13(8-22-5-4-12(7-22)6-14(20)21-11(3)25)17(19(27)28)23-16(9)15(10(2)24)18(23)26/h9-10,12,15-16,24H,4-8H2,1-3H3,(H,27,28)(H2,20,21,25)/t9-,10+,12+,15+,16+/m0/s1. The third-order valence-electron chi connectivity index (χ3n) is 6.08. The zero-order valence-corrected chi connectivity index (χ0v) is 16.5. The van der Waals surface area contributed by atoms with E-state index in [-0.39, 0.29) is 35.4 Å². The van der Waals surface area contributed by atoms with Crippen LogP contribution < -0.4 is 5.73 Å². The molecule has 2 saturated heterocycles. The number of hydrogen-bond donors (Lipinski definition) is 3. The van der Waals surface area contributed by atoms with E-state index in [0.29, 0.717) is 18.8 Å². The number of amidine groups is 1. The van der Waals surface area contributed by atoms with Gasteiger partial charge in [0.2, 0.25) is 11.8 Å². The first kappa shape index (κ1) is 20.5. The van der Waals surface area contributed by atoms with Crippen molar-refractivity contribution in [3.05, 3.63) is 11.3 Å². The molecule has 0 aromatic carbocycles. The summed E-state index contributed by atoms with van der Waals surface area (Å²) in [5.74, 6) is -1.80. The fourth-order valence-electron chi connectivity index (χ4n) is 4.86. The van der Waals surface area contributed by atoms with Crippen LogP contribution in [0.1, 0.15) is 33.6 Å². The molecule has 4 N–H and O–H groups in total. The maximum absolute atomic E-state index is 12.4. The molecule has 0 radical (unpaired) electrons. The molecule has 2 amide bonds. The van der Waals surface area contributed by atoms with Crippen LogP contribution in [0.15, 0.2) is 16.3 Å². The second-order valence-corrected chi connectivity index (χ2v) is 8.15. The van der Waals surface area contributed by atoms with Crippen molar-refractivity contribution in [2.75, 3.05) is 19.6 Å². The van der Waals surface area contributed by atoms with Crippen LogP contribution in [0.3, 0.4) is 0 Å². The number of carbonyl (C=O) groups is 3. The van der Waals surface area contributed by atoms with Gasteiger partial charge in [-0.2, -0.15) is 0 Å². The van der Waals surface area contributed by atoms with Crippen molar-refractivity contribution < 1.29 is 24.6 Å². The SMILES string of the molecule is CC(=O)N=C(N)C[C@H]1CCN(CC2=C(C(=O)O)N3C(=O)[C@H]([C@@H](C)O)[C@H]3[C@H]2C)C1. The fourth-order valence-corrected chi connectivity index (χ4v) is 4.86. The molecule has 3 rings (SSSR count). The zero-order valence-electron chi connectivity index (χ0n) is 16.5. The van der Waals surface area contributed by atoms with Crippen molar-refractivity contribution in [2.24, 2.45) is 28.5 Å². The molecule has 154 valence electrons. The molecular weight excluding hydrogens is 364 g/mol. The van der Waals surface area contributed by atoms with Crippen molar-refractivity contribution in [3.63, 3.8) is 0 Å². The van der Waals surface area contributed by atoms with Crippen molar-refractivity contribution >= 4 is 23.6 Å². The molecule has 3 aliphatic rings. The average molecular weight is 392 g/mol. The number of aliphatic carboxylic acids is 1. The van der Waals surface area contributed by atoms with Crippen LogP contribution in [-0.4, -0.2) is 75.4 Å². The summed E-state index contributed by atoms with van der Waals surface area (Å²) >= 11 is 0. The molecular formula is C19H28N4O5. The molecule has 0 bridgehead atoms. The van der Waals surface area contributed by atoms with Gasteiger partial charge in [0.1, 0.15) is 11.5 Å². The smallest absolute Gasteiger partial charge is 0.352 e. The quantitative estimate of drug-likeness (QED) is 0.323. The normalized spacial score (nSPS) is 31.8. The number of carbonyl (C=O) groups excluding carboxylic acids is 2. The summed E-state index contributed by atoms with van der Waals surface area (Å²) in [7, 11) is 0. The summed E-state index contributed by atoms with van der Waals surface area (Å²) in [5, 5.41) is 19.6. The summed E-state index contributed by atoms with van der Waals surface area (Å²) in [5.41, 5.74) is 6.61. The average Bonchev–Trinajstić information content (AvgIpc) is 3.08. The van der Waals surface area contributed by atoms with E-state index in [2.05, 4.69) is 9.89 Å². The van der Waals surface area contributed by atoms with Gasteiger partial charge in [0.25, 0.3) is 0 Å². The van der Waals surface area contributed by atoms with E-state index < -0.39 is 18.0 Å². The fraction of sp³-hybridized carbons (Fsp3) is 0.684. The topological polar surface area (TPSA) is 137 Å². The number of likely N-dealkylation sites (tertiary alicyclic amines) is 1. The highest BCUT2D eigenvalue weighted by molar-refractivity contribution is 6.00. The van der Waals surface area contributed by atoms with E-state index in [1.165, 1.54) is 11.8 Å². The summed E-state index contributed by atoms with van der Waals surface area (Å²) in [4.78, 5) is 42.6. The minimum absolute atomic E-state index is 0.0699. The molecule has 3 heterocycles. The first-order valence-corrected chi connectivity index (χ1v) is 9.65. The number of carboxylic acid groups (broad SMARTS) is 1. The lowest BCUT2D eigenvalue weighted by Crippen LogP contribution is -2.63. The van der Waals surface area contributed by atoms with E-state index in [1.807, 2.05) is 6.92 Å². The Morgan fingerprint density at radius 1 is 1.39 bits per heavy atom. The van der Waals surface area contributed by atoms with Crippen LogP contribution in [-0.2, 0) is 14.4 Å². The summed E-state index contributed by atoms with van der Waals surface area (Å²) in [6.45, 7) is 6.85. The van der Waals surface area contributed by atoms with Gasteiger partial charge < -0.3 is 20.8 Å². The molecule has 5 atom stereocenters. The number of aliphatic hydroxyl groups is 1. The Bertz CT molecular complexity index is 759. The number of fused-ring (bicyclic) bond motifs is 1. The third-order valence-corrected chi connectivity index (χ3v) is 6.08. The van der Waals surface area contributed by atoms with Crippen LogP contribution in [0.4, 0.5) is 0 Å². The summed E-state index contributed by atoms with van der Waals surface area (Å²) < 4.78 is 0. The number of rotatable bonds is 6. The number of aliphatic imine (C=N–C) groups is 1. The summed E-state index contributed by atoms with van der Waals surface area (Å²) in [6.07, 6.45) is 0.624. The molecule has 0 aromatic heterocycles. The Morgan fingerprint density at radius 3 is 2.64 bits per heavy atom. The molecule has 0 saturated carbocycles. The Kier molecular flexibility index (Phi) is 5.58. The molecule has 9 nitrogen and oxygen atoms in total. The predicted molar refractivity (Wildman–Crippen MR) is 101 cm³/mol. The van der Waals surface area contributed by atoms with Crippen LogP contribution >= 0.6 is 0 Å². The first-order chi connectivity index (χ1) is 13.1. The van der Waals surface area contributed by atoms with E-state index in [0.717, 1.165) is 25.1 Å². The number of aliphatic hydroxyl groups excluding tert-OH is 1. The van der Waals surface area contributed by atoms with Gasteiger partial charge in [0.15, 0.2) is 0 Å². The number of nitrogens with zero attached hydrogens (tertiary/aromatic N) is 3. The lowest BCUT2D eigenvalue weighted by molar-refractivity contribution is -0.163. The van der Waals surface area contributed by atoms with Crippen molar-refractivity contribution in [1.82, 2.24) is 9.80 Å². The minimum Gasteiger partial charge on any atom is -0.477 e. The maximum atomic E-state index is 12.4. The van der Waals surface area contributed by atoms with Gasteiger partial charge in [0, 0.05) is 32.4 Å². The van der Waals surface area contributed by atoms with Gasteiger partial charge in [-0.25, -0.2) is 9.79 Å². The summed E-state index contributed by atoms with van der Waals surface area (Å²) in [6, 6.07) is -0.287. The number of β-lactam (4-membered cyclic amide) rings is 1. The second kappa shape index (κ2) is 7.63. The van der Waals surface area contributed by atoms with Crippen LogP contribution in [0, 0.1) is 17.8 Å². The zero-order chi connectivity index (χ0) is 20.7.